The first kappa shape index (κ1) is 26.7. The Morgan fingerprint density at radius 1 is 0.949 bits per heavy atom. The molecule has 0 amide bonds. The summed E-state index contributed by atoms with van der Waals surface area (Å²) in [6, 6.07) is 25.3. The van der Waals surface area contributed by atoms with Crippen LogP contribution >= 0.6 is 22.7 Å². The van der Waals surface area contributed by atoms with Crippen molar-refractivity contribution in [2.45, 2.75) is 40.0 Å². The summed E-state index contributed by atoms with van der Waals surface area (Å²) in [7, 11) is 0. The number of rotatable bonds is 10. The van der Waals surface area contributed by atoms with E-state index in [1.165, 1.54) is 28.0 Å². The van der Waals surface area contributed by atoms with Gasteiger partial charge in [0.1, 0.15) is 4.83 Å². The Kier molecular flexibility index (Phi) is 8.45. The quantitative estimate of drug-likeness (QED) is 0.129. The summed E-state index contributed by atoms with van der Waals surface area (Å²) in [5, 5.41) is 21.8. The molecule has 0 aliphatic carbocycles. The van der Waals surface area contributed by atoms with Crippen LogP contribution in [0.3, 0.4) is 0 Å². The zero-order chi connectivity index (χ0) is 27.2. The lowest BCUT2D eigenvalue weighted by Crippen LogP contribution is -2.21. The fraction of sp³-hybridized carbons (Fsp3) is 0.250. The second kappa shape index (κ2) is 12.3. The van der Waals surface area contributed by atoms with E-state index in [-0.39, 0.29) is 0 Å². The van der Waals surface area contributed by atoms with Crippen molar-refractivity contribution in [3.8, 4) is 6.07 Å². The highest BCUT2D eigenvalue weighted by atomic mass is 32.1. The number of thiazole rings is 1. The standard InChI is InChI=1S/C32H31N5S2/c1-4-7-10-22-13-18-28(29-12-9-8-11-27(22)29)23(21-33)19-26-20-30-31(38-26)34-32(39-30)36-35-24-14-16-25(17-15-24)37(5-2)6-3/h8-9,11-20H,4-7,10H2,1-3H3/b23-19+,36-35?. The van der Waals surface area contributed by atoms with Crippen molar-refractivity contribution in [1.82, 2.24) is 4.98 Å². The first-order valence-corrected chi connectivity index (χ1v) is 15.1. The molecule has 0 atom stereocenters. The molecule has 0 fully saturated rings. The van der Waals surface area contributed by atoms with Gasteiger partial charge >= 0.3 is 0 Å². The number of nitriles is 1. The third-order valence-electron chi connectivity index (χ3n) is 6.84. The molecule has 0 saturated carbocycles. The minimum Gasteiger partial charge on any atom is -0.372 e. The van der Waals surface area contributed by atoms with Gasteiger partial charge in [-0.3, -0.25) is 0 Å². The molecule has 0 spiro atoms. The Morgan fingerprint density at radius 3 is 2.41 bits per heavy atom. The first-order chi connectivity index (χ1) is 19.1. The maximum atomic E-state index is 10.1. The number of hydrogen-bond donors (Lipinski definition) is 0. The van der Waals surface area contributed by atoms with Crippen molar-refractivity contribution in [2.24, 2.45) is 10.2 Å². The number of unbranched alkanes of at least 4 members (excludes halogenated alkanes) is 1. The maximum Gasteiger partial charge on any atom is 0.231 e. The van der Waals surface area contributed by atoms with Gasteiger partial charge in [-0.2, -0.15) is 5.26 Å². The average Bonchev–Trinajstić information content (AvgIpc) is 3.53. The Labute approximate surface area is 237 Å². The minimum absolute atomic E-state index is 0.633. The van der Waals surface area contributed by atoms with Crippen molar-refractivity contribution in [3.63, 3.8) is 0 Å². The van der Waals surface area contributed by atoms with Gasteiger partial charge in [0.05, 0.1) is 22.0 Å². The molecule has 0 saturated heterocycles. The molecular weight excluding hydrogens is 519 g/mol. The molecule has 0 bridgehead atoms. The molecule has 196 valence electrons. The van der Waals surface area contributed by atoms with Gasteiger partial charge in [-0.25, -0.2) is 4.98 Å². The number of aromatic nitrogens is 1. The number of azo groups is 1. The van der Waals surface area contributed by atoms with Crippen LogP contribution in [0.15, 0.2) is 77.0 Å². The predicted molar refractivity (Wildman–Crippen MR) is 168 cm³/mol. The number of thiophene rings is 1. The van der Waals surface area contributed by atoms with E-state index in [1.54, 1.807) is 11.3 Å². The van der Waals surface area contributed by atoms with E-state index in [9.17, 15) is 5.26 Å². The van der Waals surface area contributed by atoms with Gasteiger partial charge in [0.25, 0.3) is 0 Å². The zero-order valence-corrected chi connectivity index (χ0v) is 24.1. The number of benzene rings is 3. The van der Waals surface area contributed by atoms with Gasteiger partial charge in [-0.05, 0) is 79.4 Å². The van der Waals surface area contributed by atoms with Crippen LogP contribution in [0.2, 0.25) is 0 Å². The van der Waals surface area contributed by atoms with Crippen LogP contribution in [0.25, 0.3) is 32.0 Å². The Hall–Kier alpha value is -3.86. The van der Waals surface area contributed by atoms with E-state index in [0.717, 1.165) is 63.4 Å². The van der Waals surface area contributed by atoms with Crippen LogP contribution in [-0.2, 0) is 6.42 Å². The van der Waals surface area contributed by atoms with Crippen LogP contribution in [0.5, 0.6) is 0 Å². The minimum atomic E-state index is 0.633. The number of aryl methyl sites for hydroxylation is 1. The number of fused-ring (bicyclic) bond motifs is 2. The molecule has 0 aliphatic heterocycles. The molecule has 0 N–H and O–H groups in total. The van der Waals surface area contributed by atoms with Gasteiger partial charge in [0, 0.05) is 29.2 Å². The van der Waals surface area contributed by atoms with E-state index < -0.39 is 0 Å². The van der Waals surface area contributed by atoms with Crippen LogP contribution < -0.4 is 4.90 Å². The molecular formula is C32H31N5S2. The van der Waals surface area contributed by atoms with Gasteiger partial charge in [-0.1, -0.05) is 61.1 Å². The maximum absolute atomic E-state index is 10.1. The summed E-state index contributed by atoms with van der Waals surface area (Å²) in [5.41, 5.74) is 4.97. The predicted octanol–water partition coefficient (Wildman–Crippen LogP) is 10.2. The highest BCUT2D eigenvalue weighted by molar-refractivity contribution is 7.29. The van der Waals surface area contributed by atoms with Gasteiger partial charge < -0.3 is 4.90 Å². The molecule has 0 radical (unpaired) electrons. The summed E-state index contributed by atoms with van der Waals surface area (Å²) in [6.45, 7) is 8.47. The highest BCUT2D eigenvalue weighted by Gasteiger charge is 2.12. The average molecular weight is 550 g/mol. The molecule has 7 heteroatoms. The van der Waals surface area contributed by atoms with Gasteiger partial charge in [0.15, 0.2) is 0 Å². The summed E-state index contributed by atoms with van der Waals surface area (Å²) < 4.78 is 1.05. The Bertz CT molecular complexity index is 1650. The normalized spacial score (nSPS) is 12.0. The largest absolute Gasteiger partial charge is 0.372 e. The monoisotopic (exact) mass is 549 g/mol. The lowest BCUT2D eigenvalue weighted by molar-refractivity contribution is 0.799. The third-order valence-corrected chi connectivity index (χ3v) is 8.83. The van der Waals surface area contributed by atoms with E-state index in [1.807, 2.05) is 24.3 Å². The number of nitrogens with zero attached hydrogens (tertiary/aromatic N) is 5. The van der Waals surface area contributed by atoms with E-state index in [4.69, 9.17) is 0 Å². The molecule has 0 unspecified atom stereocenters. The number of allylic oxidation sites excluding steroid dienone is 1. The lowest BCUT2D eigenvalue weighted by Gasteiger charge is -2.20. The van der Waals surface area contributed by atoms with Crippen molar-refractivity contribution in [3.05, 3.63) is 82.7 Å². The van der Waals surface area contributed by atoms with Crippen LogP contribution in [0.4, 0.5) is 16.5 Å². The van der Waals surface area contributed by atoms with Crippen molar-refractivity contribution in [2.75, 3.05) is 18.0 Å². The molecule has 2 heterocycles. The van der Waals surface area contributed by atoms with E-state index in [0.29, 0.717) is 10.7 Å². The third kappa shape index (κ3) is 5.93. The summed E-state index contributed by atoms with van der Waals surface area (Å²) in [5.74, 6) is 0. The molecule has 5 rings (SSSR count). The van der Waals surface area contributed by atoms with Crippen LogP contribution in [-0.4, -0.2) is 18.1 Å². The van der Waals surface area contributed by atoms with E-state index >= 15 is 0 Å². The fourth-order valence-electron chi connectivity index (χ4n) is 4.77. The lowest BCUT2D eigenvalue weighted by atomic mass is 9.93. The summed E-state index contributed by atoms with van der Waals surface area (Å²) >= 11 is 3.09. The second-order valence-electron chi connectivity index (χ2n) is 9.29. The first-order valence-electron chi connectivity index (χ1n) is 13.4. The highest BCUT2D eigenvalue weighted by Crippen LogP contribution is 2.37. The molecule has 3 aromatic carbocycles. The SMILES string of the molecule is CCCCc1ccc(/C(C#N)=C/c2cc3sc(N=Nc4ccc(N(CC)CC)cc4)nc3s2)c2ccccc12. The van der Waals surface area contributed by atoms with E-state index in [2.05, 4.69) is 95.5 Å². The molecule has 2 aromatic heterocycles. The Morgan fingerprint density at radius 2 is 1.72 bits per heavy atom. The molecule has 5 aromatic rings. The number of hydrogen-bond acceptors (Lipinski definition) is 7. The zero-order valence-electron chi connectivity index (χ0n) is 22.5. The van der Waals surface area contributed by atoms with Crippen molar-refractivity contribution in [1.29, 1.82) is 5.26 Å². The Balaban J connectivity index is 1.37. The van der Waals surface area contributed by atoms with Crippen molar-refractivity contribution >= 4 is 71.1 Å². The van der Waals surface area contributed by atoms with Crippen LogP contribution in [0, 0.1) is 11.3 Å². The second-order valence-corrected chi connectivity index (χ2v) is 11.4. The topological polar surface area (TPSA) is 64.6 Å². The fourth-order valence-corrected chi connectivity index (χ4v) is 6.75. The smallest absolute Gasteiger partial charge is 0.231 e. The van der Waals surface area contributed by atoms with Crippen molar-refractivity contribution < 1.29 is 0 Å². The molecule has 39 heavy (non-hydrogen) atoms. The number of anilines is 1. The molecule has 5 nitrogen and oxygen atoms in total. The van der Waals surface area contributed by atoms with Gasteiger partial charge in [0.2, 0.25) is 5.13 Å². The van der Waals surface area contributed by atoms with Crippen LogP contribution in [0.1, 0.15) is 49.6 Å². The summed E-state index contributed by atoms with van der Waals surface area (Å²) in [4.78, 5) is 8.89. The van der Waals surface area contributed by atoms with Gasteiger partial charge in [-0.15, -0.1) is 21.6 Å². The molecule has 0 aliphatic rings. The summed E-state index contributed by atoms with van der Waals surface area (Å²) in [6.07, 6.45) is 5.35.